The smallest absolute Gasteiger partial charge is 0.333 e. The summed E-state index contributed by atoms with van der Waals surface area (Å²) in [5, 5.41) is 12.2. The van der Waals surface area contributed by atoms with Gasteiger partial charge in [0.05, 0.1) is 6.54 Å². The molecular formula is C30H35FN2O5. The van der Waals surface area contributed by atoms with Gasteiger partial charge in [0.25, 0.3) is 0 Å². The van der Waals surface area contributed by atoms with Gasteiger partial charge in [0.15, 0.2) is 6.10 Å². The SMILES string of the molecule is CCOC(Cc1ccc(OCCN(CCCc2ccc(F)cc2)C(=O)NCc2ccccc2)cc1)C(=O)O. The standard InChI is InChI=1S/C30H35FN2O5/c1-2-37-28(29(34)35)21-24-12-16-27(17-13-24)38-20-19-33(18-6-9-23-10-14-26(31)15-11-23)30(36)32-22-25-7-4-3-5-8-25/h3-5,7-8,10-17,28H,2,6,9,18-22H2,1H3,(H,32,36)(H,34,35). The monoisotopic (exact) mass is 522 g/mol. The number of ether oxygens (including phenoxy) is 2. The largest absolute Gasteiger partial charge is 0.492 e. The number of rotatable bonds is 15. The van der Waals surface area contributed by atoms with E-state index >= 15 is 0 Å². The van der Waals surface area contributed by atoms with Crippen molar-refractivity contribution in [3.05, 3.63) is 101 Å². The zero-order valence-electron chi connectivity index (χ0n) is 21.6. The number of carbonyl (C=O) groups excluding carboxylic acids is 1. The van der Waals surface area contributed by atoms with Crippen LogP contribution < -0.4 is 10.1 Å². The minimum Gasteiger partial charge on any atom is -0.492 e. The first-order valence-electron chi connectivity index (χ1n) is 12.8. The fourth-order valence-electron chi connectivity index (χ4n) is 3.95. The Kier molecular flexibility index (Phi) is 11.6. The van der Waals surface area contributed by atoms with Crippen molar-refractivity contribution in [3.8, 4) is 5.75 Å². The van der Waals surface area contributed by atoms with E-state index < -0.39 is 12.1 Å². The molecule has 38 heavy (non-hydrogen) atoms. The van der Waals surface area contributed by atoms with Crippen LogP contribution in [0.5, 0.6) is 5.75 Å². The summed E-state index contributed by atoms with van der Waals surface area (Å²) in [5.41, 5.74) is 2.86. The number of nitrogens with one attached hydrogen (secondary N) is 1. The summed E-state index contributed by atoms with van der Waals surface area (Å²) in [6.45, 7) is 3.73. The van der Waals surface area contributed by atoms with E-state index in [1.807, 2.05) is 42.5 Å². The number of hydrogen-bond acceptors (Lipinski definition) is 4. The summed E-state index contributed by atoms with van der Waals surface area (Å²) in [4.78, 5) is 26.0. The molecule has 0 aliphatic rings. The molecule has 0 saturated heterocycles. The van der Waals surface area contributed by atoms with Gasteiger partial charge in [0.1, 0.15) is 18.2 Å². The second kappa shape index (κ2) is 15.4. The summed E-state index contributed by atoms with van der Waals surface area (Å²) in [5.74, 6) is -0.623. The van der Waals surface area contributed by atoms with E-state index in [2.05, 4.69) is 5.32 Å². The Morgan fingerprint density at radius 1 is 0.921 bits per heavy atom. The number of carboxylic acid groups (broad SMARTS) is 1. The number of hydrogen-bond donors (Lipinski definition) is 2. The fraction of sp³-hybridized carbons (Fsp3) is 0.333. The number of benzene rings is 3. The lowest BCUT2D eigenvalue weighted by molar-refractivity contribution is -0.149. The van der Waals surface area contributed by atoms with Gasteiger partial charge in [-0.2, -0.15) is 0 Å². The third-order valence-corrected chi connectivity index (χ3v) is 6.00. The second-order valence-corrected chi connectivity index (χ2v) is 8.84. The summed E-state index contributed by atoms with van der Waals surface area (Å²) < 4.78 is 24.3. The lowest BCUT2D eigenvalue weighted by Crippen LogP contribution is -2.42. The predicted molar refractivity (Wildman–Crippen MR) is 144 cm³/mol. The lowest BCUT2D eigenvalue weighted by atomic mass is 10.1. The van der Waals surface area contributed by atoms with Crippen LogP contribution in [0.25, 0.3) is 0 Å². The van der Waals surface area contributed by atoms with Gasteiger partial charge < -0.3 is 24.8 Å². The third kappa shape index (κ3) is 9.86. The molecule has 0 fully saturated rings. The highest BCUT2D eigenvalue weighted by atomic mass is 19.1. The van der Waals surface area contributed by atoms with Gasteiger partial charge in [-0.15, -0.1) is 0 Å². The highest BCUT2D eigenvalue weighted by Gasteiger charge is 2.18. The van der Waals surface area contributed by atoms with Crippen LogP contribution in [0, 0.1) is 5.82 Å². The maximum atomic E-state index is 13.2. The molecule has 3 aromatic carbocycles. The van der Waals surface area contributed by atoms with Crippen LogP contribution in [0.2, 0.25) is 0 Å². The first-order valence-corrected chi connectivity index (χ1v) is 12.8. The Hall–Kier alpha value is -3.91. The van der Waals surface area contributed by atoms with Gasteiger partial charge in [0, 0.05) is 26.1 Å². The Balaban J connectivity index is 1.52. The number of aryl methyl sites for hydroxylation is 1. The van der Waals surface area contributed by atoms with Crippen LogP contribution in [-0.2, 0) is 28.9 Å². The zero-order valence-corrected chi connectivity index (χ0v) is 21.6. The third-order valence-electron chi connectivity index (χ3n) is 6.00. The van der Waals surface area contributed by atoms with Crippen LogP contribution in [-0.4, -0.2) is 54.4 Å². The van der Waals surface area contributed by atoms with E-state index in [9.17, 15) is 19.1 Å². The second-order valence-electron chi connectivity index (χ2n) is 8.84. The molecule has 0 bridgehead atoms. The number of halogens is 1. The first-order chi connectivity index (χ1) is 18.4. The molecule has 2 N–H and O–H groups in total. The van der Waals surface area contributed by atoms with Gasteiger partial charge in [-0.3, -0.25) is 0 Å². The minimum absolute atomic E-state index is 0.178. The number of aliphatic carboxylic acids is 1. The van der Waals surface area contributed by atoms with Crippen molar-refractivity contribution in [2.24, 2.45) is 0 Å². The number of carboxylic acids is 1. The van der Waals surface area contributed by atoms with Gasteiger partial charge in [-0.05, 0) is 60.7 Å². The van der Waals surface area contributed by atoms with Crippen molar-refractivity contribution in [2.75, 3.05) is 26.3 Å². The Morgan fingerprint density at radius 2 is 1.61 bits per heavy atom. The molecule has 0 heterocycles. The molecule has 1 atom stereocenters. The average molecular weight is 523 g/mol. The van der Waals surface area contributed by atoms with Crippen molar-refractivity contribution < 1.29 is 28.6 Å². The van der Waals surface area contributed by atoms with E-state index in [-0.39, 0.29) is 18.3 Å². The van der Waals surface area contributed by atoms with Crippen LogP contribution in [0.1, 0.15) is 30.0 Å². The molecule has 0 spiro atoms. The molecule has 3 rings (SSSR count). The van der Waals surface area contributed by atoms with Crippen molar-refractivity contribution in [1.29, 1.82) is 0 Å². The lowest BCUT2D eigenvalue weighted by Gasteiger charge is -2.23. The summed E-state index contributed by atoms with van der Waals surface area (Å²) in [7, 11) is 0. The van der Waals surface area contributed by atoms with Crippen molar-refractivity contribution >= 4 is 12.0 Å². The average Bonchev–Trinajstić information content (AvgIpc) is 2.93. The molecule has 1 unspecified atom stereocenters. The van der Waals surface area contributed by atoms with Gasteiger partial charge >= 0.3 is 12.0 Å². The quantitative estimate of drug-likeness (QED) is 0.291. The van der Waals surface area contributed by atoms with Crippen LogP contribution in [0.3, 0.4) is 0 Å². The van der Waals surface area contributed by atoms with Crippen molar-refractivity contribution in [2.45, 2.75) is 38.8 Å². The van der Waals surface area contributed by atoms with Crippen LogP contribution in [0.4, 0.5) is 9.18 Å². The molecule has 0 aliphatic carbocycles. The van der Waals surface area contributed by atoms with Crippen LogP contribution in [0.15, 0.2) is 78.9 Å². The van der Waals surface area contributed by atoms with Gasteiger partial charge in [0.2, 0.25) is 0 Å². The van der Waals surface area contributed by atoms with Crippen molar-refractivity contribution in [1.82, 2.24) is 10.2 Å². The highest BCUT2D eigenvalue weighted by molar-refractivity contribution is 5.74. The number of urea groups is 1. The molecule has 7 nitrogen and oxygen atoms in total. The van der Waals surface area contributed by atoms with Crippen LogP contribution >= 0.6 is 0 Å². The Morgan fingerprint density at radius 3 is 2.26 bits per heavy atom. The maximum absolute atomic E-state index is 13.2. The zero-order chi connectivity index (χ0) is 27.2. The van der Waals surface area contributed by atoms with E-state index in [1.165, 1.54) is 12.1 Å². The molecule has 0 aliphatic heterocycles. The fourth-order valence-corrected chi connectivity index (χ4v) is 3.95. The van der Waals surface area contributed by atoms with E-state index in [4.69, 9.17) is 9.47 Å². The molecule has 0 radical (unpaired) electrons. The predicted octanol–water partition coefficient (Wildman–Crippen LogP) is 5.08. The Labute approximate surface area is 223 Å². The molecule has 202 valence electrons. The summed E-state index contributed by atoms with van der Waals surface area (Å²) in [6, 6.07) is 23.1. The molecule has 0 aromatic heterocycles. The normalized spacial score (nSPS) is 11.5. The number of amides is 2. The Bertz CT molecular complexity index is 1120. The van der Waals surface area contributed by atoms with Gasteiger partial charge in [-0.25, -0.2) is 14.0 Å². The molecular weight excluding hydrogens is 487 g/mol. The van der Waals surface area contributed by atoms with E-state index in [0.717, 1.165) is 29.5 Å². The molecule has 2 amide bonds. The van der Waals surface area contributed by atoms with E-state index in [0.29, 0.717) is 38.6 Å². The molecule has 0 saturated carbocycles. The van der Waals surface area contributed by atoms with Gasteiger partial charge in [-0.1, -0.05) is 54.6 Å². The summed E-state index contributed by atoms with van der Waals surface area (Å²) in [6.07, 6.45) is 0.838. The first kappa shape index (κ1) is 28.7. The van der Waals surface area contributed by atoms with Crippen molar-refractivity contribution in [3.63, 3.8) is 0 Å². The minimum atomic E-state index is -0.989. The number of carbonyl (C=O) groups is 2. The summed E-state index contributed by atoms with van der Waals surface area (Å²) >= 11 is 0. The van der Waals surface area contributed by atoms with E-state index in [1.54, 1.807) is 36.1 Å². The molecule has 3 aromatic rings. The maximum Gasteiger partial charge on any atom is 0.333 e. The number of nitrogens with zero attached hydrogens (tertiary/aromatic N) is 1. The topological polar surface area (TPSA) is 88.1 Å². The highest BCUT2D eigenvalue weighted by Crippen LogP contribution is 2.15. The molecule has 8 heteroatoms.